The number of hydrogen-bond donors (Lipinski definition) is 1. The van der Waals surface area contributed by atoms with E-state index in [0.29, 0.717) is 0 Å². The molecule has 0 radical (unpaired) electrons. The summed E-state index contributed by atoms with van der Waals surface area (Å²) < 4.78 is 17.5. The van der Waals surface area contributed by atoms with Crippen LogP contribution in [0.5, 0.6) is 5.75 Å². The monoisotopic (exact) mass is 457 g/mol. The lowest BCUT2D eigenvalue weighted by Gasteiger charge is -2.41. The molecule has 0 unspecified atom stereocenters. The van der Waals surface area contributed by atoms with Crippen LogP contribution in [-0.4, -0.2) is 27.6 Å². The van der Waals surface area contributed by atoms with E-state index in [1.54, 1.807) is 7.11 Å². The lowest BCUT2D eigenvalue weighted by atomic mass is 9.99. The van der Waals surface area contributed by atoms with E-state index in [2.05, 4.69) is 58.2 Å². The molecule has 0 saturated carbocycles. The van der Waals surface area contributed by atoms with Crippen molar-refractivity contribution >= 4 is 14.4 Å². The number of hydrogen-bond acceptors (Lipinski definition) is 4. The second-order valence-corrected chi connectivity index (χ2v) is 14.4. The number of rotatable bonds is 10. The minimum Gasteiger partial charge on any atom is -0.497 e. The highest BCUT2D eigenvalue weighted by atomic mass is 28.4. The number of carbonyl (C=O) groups is 1. The lowest BCUT2D eigenvalue weighted by Crippen LogP contribution is -2.48. The minimum atomic E-state index is -2.08. The van der Waals surface area contributed by atoms with Crippen LogP contribution in [-0.2, 0) is 15.8 Å². The van der Waals surface area contributed by atoms with E-state index in [1.807, 2.05) is 42.5 Å². The third-order valence-corrected chi connectivity index (χ3v) is 10.6. The van der Waals surface area contributed by atoms with Gasteiger partial charge in [0.2, 0.25) is 0 Å². The molecular formula is C26H39NO4Si. The third kappa shape index (κ3) is 7.38. The summed E-state index contributed by atoms with van der Waals surface area (Å²) in [6.45, 7) is 13.5. The zero-order chi connectivity index (χ0) is 23.8. The molecule has 2 aromatic rings. The van der Waals surface area contributed by atoms with Crippen LogP contribution in [0.1, 0.15) is 57.8 Å². The van der Waals surface area contributed by atoms with Gasteiger partial charge in [0.05, 0.1) is 19.3 Å². The fourth-order valence-electron chi connectivity index (χ4n) is 3.19. The normalized spacial score (nSPS) is 13.8. The van der Waals surface area contributed by atoms with Crippen molar-refractivity contribution in [1.29, 1.82) is 0 Å². The second kappa shape index (κ2) is 11.5. The van der Waals surface area contributed by atoms with Crippen molar-refractivity contribution in [1.82, 2.24) is 5.32 Å². The average molecular weight is 458 g/mol. The molecule has 6 heteroatoms. The molecule has 0 fully saturated rings. The predicted molar refractivity (Wildman–Crippen MR) is 132 cm³/mol. The van der Waals surface area contributed by atoms with Crippen LogP contribution in [0, 0.1) is 0 Å². The van der Waals surface area contributed by atoms with Gasteiger partial charge in [-0.1, -0.05) is 76.6 Å². The molecule has 0 heterocycles. The Morgan fingerprint density at radius 3 is 2.19 bits per heavy atom. The van der Waals surface area contributed by atoms with Crippen molar-refractivity contribution in [3.63, 3.8) is 0 Å². The fraction of sp³-hybridized carbons (Fsp3) is 0.500. The highest BCUT2D eigenvalue weighted by Gasteiger charge is 2.41. The maximum absolute atomic E-state index is 12.7. The van der Waals surface area contributed by atoms with Gasteiger partial charge >= 0.3 is 6.09 Å². The van der Waals surface area contributed by atoms with Crippen LogP contribution in [0.4, 0.5) is 4.79 Å². The quantitative estimate of drug-likeness (QED) is 0.396. The molecule has 2 aromatic carbocycles. The van der Waals surface area contributed by atoms with E-state index in [9.17, 15) is 4.79 Å². The molecule has 0 spiro atoms. The number of alkyl carbamates (subject to hydrolysis) is 1. The lowest BCUT2D eigenvalue weighted by molar-refractivity contribution is 0.103. The molecular weight excluding hydrogens is 418 g/mol. The summed E-state index contributed by atoms with van der Waals surface area (Å²) in [5.41, 5.74) is 1.98. The first-order chi connectivity index (χ1) is 15.1. The molecule has 5 nitrogen and oxygen atoms in total. The number of carbonyl (C=O) groups excluding carboxylic acids is 1. The highest BCUT2D eigenvalue weighted by Crippen LogP contribution is 2.41. The zero-order valence-electron chi connectivity index (χ0n) is 20.6. The Hall–Kier alpha value is -2.31. The van der Waals surface area contributed by atoms with Crippen molar-refractivity contribution in [2.75, 3.05) is 7.11 Å². The van der Waals surface area contributed by atoms with E-state index in [4.69, 9.17) is 13.9 Å². The molecule has 32 heavy (non-hydrogen) atoms. The Bertz CT molecular complexity index is 831. The van der Waals surface area contributed by atoms with Crippen molar-refractivity contribution in [3.8, 4) is 5.75 Å². The zero-order valence-corrected chi connectivity index (χ0v) is 21.6. The van der Waals surface area contributed by atoms with Gasteiger partial charge in [0.1, 0.15) is 12.4 Å². The molecule has 1 amide bonds. The summed E-state index contributed by atoms with van der Waals surface area (Å²) in [6.07, 6.45) is 1.06. The molecule has 2 rings (SSSR count). The molecule has 0 aliphatic heterocycles. The number of benzene rings is 2. The van der Waals surface area contributed by atoms with Crippen molar-refractivity contribution < 1.29 is 18.7 Å². The highest BCUT2D eigenvalue weighted by molar-refractivity contribution is 6.74. The van der Waals surface area contributed by atoms with Crippen LogP contribution in [0.2, 0.25) is 18.1 Å². The molecule has 0 bridgehead atoms. The van der Waals surface area contributed by atoms with Gasteiger partial charge in [-0.15, -0.1) is 0 Å². The Morgan fingerprint density at radius 1 is 1.03 bits per heavy atom. The topological polar surface area (TPSA) is 56.8 Å². The Balaban J connectivity index is 2.16. The van der Waals surface area contributed by atoms with E-state index in [0.717, 1.165) is 29.7 Å². The maximum Gasteiger partial charge on any atom is 0.407 e. The number of ether oxygens (including phenoxy) is 2. The van der Waals surface area contributed by atoms with Gasteiger partial charge < -0.3 is 19.2 Å². The summed E-state index contributed by atoms with van der Waals surface area (Å²) in [6, 6.07) is 17.5. The standard InChI is InChI=1S/C26H39NO4Si/c1-8-12-23(27-25(28)30-19-20-15-17-22(29-5)18-16-20)24(21-13-10-9-11-14-21)31-32(6,7)26(2,3)4/h9-11,13-18,23-24H,8,12,19H2,1-7H3,(H,27,28)/t23-,24-/m1/s1. The van der Waals surface area contributed by atoms with Gasteiger partial charge in [0, 0.05) is 0 Å². The third-order valence-electron chi connectivity index (χ3n) is 6.15. The van der Waals surface area contributed by atoms with Crippen molar-refractivity contribution in [2.45, 2.75) is 77.4 Å². The van der Waals surface area contributed by atoms with Crippen LogP contribution < -0.4 is 10.1 Å². The summed E-state index contributed by atoms with van der Waals surface area (Å²) >= 11 is 0. The fourth-order valence-corrected chi connectivity index (χ4v) is 4.48. The van der Waals surface area contributed by atoms with Gasteiger partial charge in [-0.25, -0.2) is 4.79 Å². The molecule has 0 saturated heterocycles. The van der Waals surface area contributed by atoms with Crippen LogP contribution >= 0.6 is 0 Å². The van der Waals surface area contributed by atoms with Gasteiger partial charge in [-0.3, -0.25) is 0 Å². The van der Waals surface area contributed by atoms with Gasteiger partial charge in [0.15, 0.2) is 8.32 Å². The van der Waals surface area contributed by atoms with Gasteiger partial charge in [-0.05, 0) is 47.8 Å². The second-order valence-electron chi connectivity index (χ2n) is 9.67. The number of nitrogens with one attached hydrogen (secondary N) is 1. The van der Waals surface area contributed by atoms with Gasteiger partial charge in [-0.2, -0.15) is 0 Å². The number of methoxy groups -OCH3 is 1. The summed E-state index contributed by atoms with van der Waals surface area (Å²) in [7, 11) is -0.451. The summed E-state index contributed by atoms with van der Waals surface area (Å²) in [5, 5.41) is 3.16. The van der Waals surface area contributed by atoms with Crippen molar-refractivity contribution in [2.24, 2.45) is 0 Å². The van der Waals surface area contributed by atoms with E-state index in [-0.39, 0.29) is 23.8 Å². The summed E-state index contributed by atoms with van der Waals surface area (Å²) in [5.74, 6) is 0.773. The number of amides is 1. The molecule has 0 aliphatic carbocycles. The molecule has 2 atom stereocenters. The van der Waals surface area contributed by atoms with Crippen molar-refractivity contribution in [3.05, 3.63) is 65.7 Å². The van der Waals surface area contributed by atoms with Crippen LogP contribution in [0.25, 0.3) is 0 Å². The SMILES string of the molecule is CCC[C@@H](NC(=O)OCc1ccc(OC)cc1)[C@H](O[Si](C)(C)C(C)(C)C)c1ccccc1. The minimum absolute atomic E-state index is 0.0612. The first kappa shape index (κ1) is 25.9. The Kier molecular flexibility index (Phi) is 9.34. The first-order valence-electron chi connectivity index (χ1n) is 11.4. The van der Waals surface area contributed by atoms with Crippen LogP contribution in [0.3, 0.4) is 0 Å². The Labute approximate surface area is 194 Å². The molecule has 0 aliphatic rings. The predicted octanol–water partition coefficient (Wildman–Crippen LogP) is 6.85. The Morgan fingerprint density at radius 2 is 1.66 bits per heavy atom. The van der Waals surface area contributed by atoms with Gasteiger partial charge in [0.25, 0.3) is 0 Å². The van der Waals surface area contributed by atoms with E-state index in [1.165, 1.54) is 0 Å². The largest absolute Gasteiger partial charge is 0.497 e. The average Bonchev–Trinajstić information content (AvgIpc) is 2.76. The summed E-state index contributed by atoms with van der Waals surface area (Å²) in [4.78, 5) is 12.7. The molecule has 0 aromatic heterocycles. The first-order valence-corrected chi connectivity index (χ1v) is 14.3. The molecule has 1 N–H and O–H groups in total. The maximum atomic E-state index is 12.7. The van der Waals surface area contributed by atoms with E-state index < -0.39 is 14.4 Å². The smallest absolute Gasteiger partial charge is 0.407 e. The van der Waals surface area contributed by atoms with E-state index >= 15 is 0 Å². The van der Waals surface area contributed by atoms with Crippen LogP contribution in [0.15, 0.2) is 54.6 Å². The molecule has 176 valence electrons.